The molecule has 4 nitrogen and oxygen atoms in total. The normalized spacial score (nSPS) is 16.8. The summed E-state index contributed by atoms with van der Waals surface area (Å²) in [5.74, 6) is 0.259. The lowest BCUT2D eigenvalue weighted by Gasteiger charge is -2.11. The SMILES string of the molecule is O=C(NCc1ccc(F)cc1)c1ccc(OC[C@H]2CCCO2)cc1. The molecule has 0 spiro atoms. The maximum Gasteiger partial charge on any atom is 0.251 e. The highest BCUT2D eigenvalue weighted by atomic mass is 19.1. The summed E-state index contributed by atoms with van der Waals surface area (Å²) >= 11 is 0. The van der Waals surface area contributed by atoms with E-state index in [1.165, 1.54) is 12.1 Å². The lowest BCUT2D eigenvalue weighted by atomic mass is 10.2. The third-order valence-electron chi connectivity index (χ3n) is 3.94. The third-order valence-corrected chi connectivity index (χ3v) is 3.94. The molecule has 24 heavy (non-hydrogen) atoms. The van der Waals surface area contributed by atoms with Crippen molar-refractivity contribution in [2.45, 2.75) is 25.5 Å². The van der Waals surface area contributed by atoms with E-state index in [-0.39, 0.29) is 17.8 Å². The second kappa shape index (κ2) is 7.93. The topological polar surface area (TPSA) is 47.6 Å². The Kier molecular flexibility index (Phi) is 5.43. The number of ether oxygens (including phenoxy) is 2. The highest BCUT2D eigenvalue weighted by Gasteiger charge is 2.16. The van der Waals surface area contributed by atoms with Crippen molar-refractivity contribution in [2.75, 3.05) is 13.2 Å². The lowest BCUT2D eigenvalue weighted by Crippen LogP contribution is -2.22. The molecule has 0 aromatic heterocycles. The van der Waals surface area contributed by atoms with Gasteiger partial charge in [-0.2, -0.15) is 0 Å². The van der Waals surface area contributed by atoms with E-state index in [0.29, 0.717) is 18.7 Å². The molecule has 0 aliphatic carbocycles. The van der Waals surface area contributed by atoms with E-state index in [4.69, 9.17) is 9.47 Å². The lowest BCUT2D eigenvalue weighted by molar-refractivity contribution is 0.0679. The van der Waals surface area contributed by atoms with Crippen LogP contribution in [0.5, 0.6) is 5.75 Å². The molecule has 1 amide bonds. The van der Waals surface area contributed by atoms with Gasteiger partial charge in [0.05, 0.1) is 6.10 Å². The molecule has 1 aliphatic heterocycles. The molecular formula is C19H20FNO3. The zero-order valence-electron chi connectivity index (χ0n) is 13.3. The molecule has 0 radical (unpaired) electrons. The highest BCUT2D eigenvalue weighted by molar-refractivity contribution is 5.94. The van der Waals surface area contributed by atoms with E-state index < -0.39 is 0 Å². The van der Waals surface area contributed by atoms with Crippen LogP contribution in [0.2, 0.25) is 0 Å². The third kappa shape index (κ3) is 4.55. The smallest absolute Gasteiger partial charge is 0.251 e. The second-order valence-corrected chi connectivity index (χ2v) is 5.78. The second-order valence-electron chi connectivity index (χ2n) is 5.78. The van der Waals surface area contributed by atoms with Gasteiger partial charge in [0.2, 0.25) is 0 Å². The maximum absolute atomic E-state index is 12.8. The number of halogens is 1. The average Bonchev–Trinajstić information content (AvgIpc) is 3.13. The molecule has 1 heterocycles. The van der Waals surface area contributed by atoms with Crippen molar-refractivity contribution in [1.82, 2.24) is 5.32 Å². The predicted octanol–water partition coefficient (Wildman–Crippen LogP) is 3.31. The van der Waals surface area contributed by atoms with Crippen LogP contribution in [-0.2, 0) is 11.3 Å². The van der Waals surface area contributed by atoms with Gasteiger partial charge in [-0.15, -0.1) is 0 Å². The fourth-order valence-electron chi connectivity index (χ4n) is 2.55. The van der Waals surface area contributed by atoms with Gasteiger partial charge in [-0.1, -0.05) is 12.1 Å². The summed E-state index contributed by atoms with van der Waals surface area (Å²) < 4.78 is 24.0. The van der Waals surface area contributed by atoms with Crippen LogP contribution < -0.4 is 10.1 Å². The van der Waals surface area contributed by atoms with E-state index in [2.05, 4.69) is 5.32 Å². The molecule has 5 heteroatoms. The molecule has 126 valence electrons. The zero-order chi connectivity index (χ0) is 16.8. The van der Waals surface area contributed by atoms with Crippen molar-refractivity contribution in [3.8, 4) is 5.75 Å². The van der Waals surface area contributed by atoms with Crippen LogP contribution in [-0.4, -0.2) is 25.2 Å². The summed E-state index contributed by atoms with van der Waals surface area (Å²) in [7, 11) is 0. The number of hydrogen-bond donors (Lipinski definition) is 1. The van der Waals surface area contributed by atoms with Gasteiger partial charge >= 0.3 is 0 Å². The number of nitrogens with one attached hydrogen (secondary N) is 1. The van der Waals surface area contributed by atoms with Gasteiger partial charge in [0, 0.05) is 18.7 Å². The van der Waals surface area contributed by atoms with Crippen LogP contribution in [0.1, 0.15) is 28.8 Å². The minimum Gasteiger partial charge on any atom is -0.491 e. The van der Waals surface area contributed by atoms with Crippen molar-refractivity contribution >= 4 is 5.91 Å². The summed E-state index contributed by atoms with van der Waals surface area (Å²) in [5.41, 5.74) is 1.41. The van der Waals surface area contributed by atoms with E-state index in [9.17, 15) is 9.18 Å². The number of benzene rings is 2. The molecule has 0 unspecified atom stereocenters. The Morgan fingerprint density at radius 1 is 1.17 bits per heavy atom. The number of hydrogen-bond acceptors (Lipinski definition) is 3. The molecular weight excluding hydrogens is 309 g/mol. The van der Waals surface area contributed by atoms with E-state index in [0.717, 1.165) is 30.8 Å². The van der Waals surface area contributed by atoms with Crippen LogP contribution in [0, 0.1) is 5.82 Å². The monoisotopic (exact) mass is 329 g/mol. The van der Waals surface area contributed by atoms with Gasteiger partial charge in [-0.05, 0) is 54.8 Å². The molecule has 2 aromatic carbocycles. The van der Waals surface area contributed by atoms with Crippen LogP contribution in [0.25, 0.3) is 0 Å². The van der Waals surface area contributed by atoms with E-state index in [1.54, 1.807) is 36.4 Å². The standard InChI is InChI=1S/C19H20FNO3/c20-16-7-3-14(4-8-16)12-21-19(22)15-5-9-17(10-6-15)24-13-18-2-1-11-23-18/h3-10,18H,1-2,11-13H2,(H,21,22)/t18-/m1/s1. The maximum atomic E-state index is 12.8. The van der Waals surface area contributed by atoms with Crippen molar-refractivity contribution in [3.63, 3.8) is 0 Å². The Morgan fingerprint density at radius 3 is 2.58 bits per heavy atom. The first kappa shape index (κ1) is 16.5. The van der Waals surface area contributed by atoms with Crippen LogP contribution in [0.3, 0.4) is 0 Å². The molecule has 0 bridgehead atoms. The molecule has 0 saturated carbocycles. The van der Waals surface area contributed by atoms with Gasteiger partial charge in [0.25, 0.3) is 5.91 Å². The fourth-order valence-corrected chi connectivity index (χ4v) is 2.55. The first-order valence-corrected chi connectivity index (χ1v) is 8.08. The van der Waals surface area contributed by atoms with E-state index in [1.807, 2.05) is 0 Å². The Labute approximate surface area is 140 Å². The molecule has 1 aliphatic rings. The largest absolute Gasteiger partial charge is 0.491 e. The van der Waals surface area contributed by atoms with Crippen LogP contribution in [0.4, 0.5) is 4.39 Å². The minimum atomic E-state index is -0.288. The molecule has 1 N–H and O–H groups in total. The van der Waals surface area contributed by atoms with Crippen molar-refractivity contribution in [2.24, 2.45) is 0 Å². The van der Waals surface area contributed by atoms with Crippen molar-refractivity contribution < 1.29 is 18.7 Å². The summed E-state index contributed by atoms with van der Waals surface area (Å²) in [4.78, 5) is 12.1. The van der Waals surface area contributed by atoms with Gasteiger partial charge in [-0.3, -0.25) is 4.79 Å². The summed E-state index contributed by atoms with van der Waals surface area (Å²) in [5, 5.41) is 2.81. The Balaban J connectivity index is 1.48. The predicted molar refractivity (Wildman–Crippen MR) is 88.5 cm³/mol. The number of amides is 1. The highest BCUT2D eigenvalue weighted by Crippen LogP contribution is 2.16. The summed E-state index contributed by atoms with van der Waals surface area (Å²) in [6, 6.07) is 13.1. The first-order valence-electron chi connectivity index (χ1n) is 8.08. The van der Waals surface area contributed by atoms with Crippen LogP contribution in [0.15, 0.2) is 48.5 Å². The molecule has 1 fully saturated rings. The number of carbonyl (C=O) groups excluding carboxylic acids is 1. The number of carbonyl (C=O) groups is 1. The average molecular weight is 329 g/mol. The quantitative estimate of drug-likeness (QED) is 0.884. The zero-order valence-corrected chi connectivity index (χ0v) is 13.3. The van der Waals surface area contributed by atoms with Crippen molar-refractivity contribution in [3.05, 3.63) is 65.5 Å². The van der Waals surface area contributed by atoms with Crippen molar-refractivity contribution in [1.29, 1.82) is 0 Å². The molecule has 1 atom stereocenters. The Morgan fingerprint density at radius 2 is 1.92 bits per heavy atom. The van der Waals surface area contributed by atoms with Crippen LogP contribution >= 0.6 is 0 Å². The first-order chi connectivity index (χ1) is 11.7. The molecule has 3 rings (SSSR count). The fraction of sp³-hybridized carbons (Fsp3) is 0.316. The molecule has 1 saturated heterocycles. The van der Waals surface area contributed by atoms with Gasteiger partial charge in [-0.25, -0.2) is 4.39 Å². The van der Waals surface area contributed by atoms with Gasteiger partial charge in [0.15, 0.2) is 0 Å². The minimum absolute atomic E-state index is 0.170. The van der Waals surface area contributed by atoms with Gasteiger partial charge < -0.3 is 14.8 Å². The summed E-state index contributed by atoms with van der Waals surface area (Å²) in [6.07, 6.45) is 2.29. The molecule has 2 aromatic rings. The number of rotatable bonds is 6. The van der Waals surface area contributed by atoms with Gasteiger partial charge in [0.1, 0.15) is 18.2 Å². The Hall–Kier alpha value is -2.40. The summed E-state index contributed by atoms with van der Waals surface area (Å²) in [6.45, 7) is 1.70. The Bertz CT molecular complexity index is 664. The van der Waals surface area contributed by atoms with E-state index >= 15 is 0 Å².